The van der Waals surface area contributed by atoms with E-state index in [1.807, 2.05) is 36.4 Å². The number of fused-ring (bicyclic) bond motifs is 1. The molecule has 8 heteroatoms. The first-order chi connectivity index (χ1) is 19.5. The number of hydrogen-bond donors (Lipinski definition) is 0. The number of benzene rings is 4. The van der Waals surface area contributed by atoms with E-state index in [1.165, 1.54) is 30.5 Å². The number of rotatable bonds is 9. The van der Waals surface area contributed by atoms with Gasteiger partial charge in [-0.3, -0.25) is 4.79 Å². The van der Waals surface area contributed by atoms with Gasteiger partial charge in [0.2, 0.25) is 11.2 Å². The molecule has 0 aliphatic rings. The molecule has 1 aromatic heterocycles. The maximum atomic E-state index is 12.9. The molecule has 0 atom stereocenters. The third-order valence-corrected chi connectivity index (χ3v) is 6.23. The average Bonchev–Trinajstić information content (AvgIpc) is 2.98. The molecule has 0 bridgehead atoms. The molecule has 0 amide bonds. The van der Waals surface area contributed by atoms with Crippen molar-refractivity contribution in [1.29, 1.82) is 0 Å². The minimum Gasteiger partial charge on any atom is -0.497 e. The van der Waals surface area contributed by atoms with Crippen LogP contribution in [0.25, 0.3) is 17.0 Å². The molecule has 7 nitrogen and oxygen atoms in total. The Hall–Kier alpha value is -5.01. The molecular formula is C32H23ClO7. The summed E-state index contributed by atoms with van der Waals surface area (Å²) in [6.07, 6.45) is 4.16. The molecule has 0 aliphatic carbocycles. The smallest absolute Gasteiger partial charge is 0.336 e. The summed E-state index contributed by atoms with van der Waals surface area (Å²) in [6, 6.07) is 26.1. The quantitative estimate of drug-likeness (QED) is 0.106. The SMILES string of the molecule is COc1ccc(Oc2coc3cc(OC(=O)/C=C/c4ccc(OCc5ccccc5Cl)cc4)ccc3c2=O)cc1. The fraction of sp³-hybridized carbons (Fsp3) is 0.0625. The summed E-state index contributed by atoms with van der Waals surface area (Å²) in [5, 5.41) is 0.941. The zero-order valence-corrected chi connectivity index (χ0v) is 22.1. The minimum absolute atomic E-state index is 0.0330. The molecule has 4 aromatic carbocycles. The van der Waals surface area contributed by atoms with Crippen LogP contribution in [0.3, 0.4) is 0 Å². The molecule has 0 N–H and O–H groups in total. The van der Waals surface area contributed by atoms with Gasteiger partial charge in [-0.1, -0.05) is 41.9 Å². The van der Waals surface area contributed by atoms with Crippen molar-refractivity contribution in [2.45, 2.75) is 6.61 Å². The molecule has 40 heavy (non-hydrogen) atoms. The molecular weight excluding hydrogens is 532 g/mol. The van der Waals surface area contributed by atoms with Gasteiger partial charge in [0.25, 0.3) is 0 Å². The second-order valence-electron chi connectivity index (χ2n) is 8.57. The molecule has 0 aliphatic heterocycles. The molecule has 0 unspecified atom stereocenters. The monoisotopic (exact) mass is 554 g/mol. The summed E-state index contributed by atoms with van der Waals surface area (Å²) in [4.78, 5) is 25.2. The van der Waals surface area contributed by atoms with Crippen molar-refractivity contribution in [3.63, 3.8) is 0 Å². The van der Waals surface area contributed by atoms with E-state index in [0.29, 0.717) is 28.9 Å². The van der Waals surface area contributed by atoms with Crippen LogP contribution in [0.4, 0.5) is 0 Å². The van der Waals surface area contributed by atoms with Gasteiger partial charge >= 0.3 is 5.97 Å². The highest BCUT2D eigenvalue weighted by Crippen LogP contribution is 2.26. The Bertz CT molecular complexity index is 1720. The van der Waals surface area contributed by atoms with E-state index < -0.39 is 5.97 Å². The zero-order valence-electron chi connectivity index (χ0n) is 21.3. The Morgan fingerprint density at radius 1 is 0.875 bits per heavy atom. The summed E-state index contributed by atoms with van der Waals surface area (Å²) in [7, 11) is 1.56. The van der Waals surface area contributed by atoms with Crippen molar-refractivity contribution in [2.24, 2.45) is 0 Å². The van der Waals surface area contributed by atoms with E-state index >= 15 is 0 Å². The predicted molar refractivity (Wildman–Crippen MR) is 152 cm³/mol. The third-order valence-electron chi connectivity index (χ3n) is 5.86. The molecule has 5 rings (SSSR count). The van der Waals surface area contributed by atoms with Crippen LogP contribution in [0.5, 0.6) is 28.7 Å². The van der Waals surface area contributed by atoms with Gasteiger partial charge in [-0.25, -0.2) is 4.79 Å². The molecule has 0 fully saturated rings. The summed E-state index contributed by atoms with van der Waals surface area (Å²) < 4.78 is 27.5. The van der Waals surface area contributed by atoms with E-state index in [1.54, 1.807) is 49.6 Å². The fourth-order valence-electron chi connectivity index (χ4n) is 3.76. The highest BCUT2D eigenvalue weighted by molar-refractivity contribution is 6.31. The Morgan fingerprint density at radius 2 is 1.57 bits per heavy atom. The van der Waals surface area contributed by atoms with Crippen molar-refractivity contribution in [1.82, 2.24) is 0 Å². The predicted octanol–water partition coefficient (Wildman–Crippen LogP) is 7.45. The van der Waals surface area contributed by atoms with Crippen LogP contribution < -0.4 is 24.4 Å². The lowest BCUT2D eigenvalue weighted by molar-refractivity contribution is -0.128. The normalized spacial score (nSPS) is 10.9. The third kappa shape index (κ3) is 6.51. The zero-order chi connectivity index (χ0) is 27.9. The van der Waals surface area contributed by atoms with E-state index in [2.05, 4.69) is 0 Å². The largest absolute Gasteiger partial charge is 0.497 e. The van der Waals surface area contributed by atoms with E-state index in [0.717, 1.165) is 11.1 Å². The number of carbonyl (C=O) groups is 1. The van der Waals surface area contributed by atoms with E-state index in [9.17, 15) is 9.59 Å². The Labute approximate surface area is 234 Å². The van der Waals surface area contributed by atoms with Crippen LogP contribution >= 0.6 is 11.6 Å². The topological polar surface area (TPSA) is 84.2 Å². The minimum atomic E-state index is -0.583. The van der Waals surface area contributed by atoms with Crippen LogP contribution in [-0.4, -0.2) is 13.1 Å². The average molecular weight is 555 g/mol. The van der Waals surface area contributed by atoms with Crippen LogP contribution in [0.1, 0.15) is 11.1 Å². The van der Waals surface area contributed by atoms with Gasteiger partial charge in [-0.2, -0.15) is 0 Å². The first-order valence-electron chi connectivity index (χ1n) is 12.2. The maximum Gasteiger partial charge on any atom is 0.336 e. The van der Waals surface area contributed by atoms with Crippen molar-refractivity contribution in [2.75, 3.05) is 7.11 Å². The van der Waals surface area contributed by atoms with Crippen LogP contribution in [0.2, 0.25) is 5.02 Å². The maximum absolute atomic E-state index is 12.9. The van der Waals surface area contributed by atoms with Crippen molar-refractivity contribution in [3.8, 4) is 28.7 Å². The lowest BCUT2D eigenvalue weighted by Gasteiger charge is -2.08. The van der Waals surface area contributed by atoms with Gasteiger partial charge in [0.05, 0.1) is 12.5 Å². The summed E-state index contributed by atoms with van der Waals surface area (Å²) in [5.41, 5.74) is 1.59. The first kappa shape index (κ1) is 26.6. The molecule has 5 aromatic rings. The number of methoxy groups -OCH3 is 1. The van der Waals surface area contributed by atoms with Gasteiger partial charge in [0.1, 0.15) is 41.5 Å². The molecule has 0 saturated heterocycles. The van der Waals surface area contributed by atoms with Crippen molar-refractivity contribution < 1.29 is 28.2 Å². The van der Waals surface area contributed by atoms with Crippen LogP contribution in [0, 0.1) is 0 Å². The van der Waals surface area contributed by atoms with Gasteiger partial charge in [-0.05, 0) is 66.2 Å². The Kier molecular flexibility index (Phi) is 8.13. The standard InChI is InChI=1S/C32H23ClO7/c1-36-23-11-13-25(14-12-23)39-30-20-38-29-18-26(15-16-27(29)32(30)35)40-31(34)17-8-21-6-9-24(10-7-21)37-19-22-4-2-3-5-28(22)33/h2-18,20H,19H2,1H3/b17-8+. The summed E-state index contributed by atoms with van der Waals surface area (Å²) in [5.74, 6) is 1.49. The van der Waals surface area contributed by atoms with Crippen LogP contribution in [0.15, 0.2) is 113 Å². The molecule has 0 radical (unpaired) electrons. The molecule has 0 spiro atoms. The van der Waals surface area contributed by atoms with Gasteiger partial charge in [0, 0.05) is 22.7 Å². The van der Waals surface area contributed by atoms with Crippen LogP contribution in [-0.2, 0) is 11.4 Å². The number of esters is 1. The molecule has 200 valence electrons. The molecule has 1 heterocycles. The second-order valence-corrected chi connectivity index (χ2v) is 8.98. The summed E-state index contributed by atoms with van der Waals surface area (Å²) >= 11 is 6.16. The van der Waals surface area contributed by atoms with Gasteiger partial charge < -0.3 is 23.4 Å². The van der Waals surface area contributed by atoms with Gasteiger partial charge in [0.15, 0.2) is 0 Å². The Balaban J connectivity index is 1.19. The lowest BCUT2D eigenvalue weighted by atomic mass is 10.2. The highest BCUT2D eigenvalue weighted by Gasteiger charge is 2.11. The van der Waals surface area contributed by atoms with Gasteiger partial charge in [-0.15, -0.1) is 0 Å². The Morgan fingerprint density at radius 3 is 2.33 bits per heavy atom. The lowest BCUT2D eigenvalue weighted by Crippen LogP contribution is -2.06. The number of halogens is 1. The number of ether oxygens (including phenoxy) is 4. The van der Waals surface area contributed by atoms with E-state index in [4.69, 9.17) is 35.0 Å². The summed E-state index contributed by atoms with van der Waals surface area (Å²) in [6.45, 7) is 0.351. The second kappa shape index (κ2) is 12.2. The fourth-order valence-corrected chi connectivity index (χ4v) is 3.95. The highest BCUT2D eigenvalue weighted by atomic mass is 35.5. The molecule has 0 saturated carbocycles. The van der Waals surface area contributed by atoms with Crippen molar-refractivity contribution in [3.05, 3.63) is 130 Å². The number of hydrogen-bond acceptors (Lipinski definition) is 7. The number of carbonyl (C=O) groups excluding carboxylic acids is 1. The first-order valence-corrected chi connectivity index (χ1v) is 12.6. The van der Waals surface area contributed by atoms with E-state index in [-0.39, 0.29) is 27.9 Å². The van der Waals surface area contributed by atoms with Crippen molar-refractivity contribution >= 4 is 34.6 Å².